The summed E-state index contributed by atoms with van der Waals surface area (Å²) in [5.41, 5.74) is 2.80. The molecule has 2 aromatic rings. The number of nitrogens with one attached hydrogen (secondary N) is 2. The average molecular weight is 421 g/mol. The highest BCUT2D eigenvalue weighted by Gasteiger charge is 2.19. The van der Waals surface area contributed by atoms with Gasteiger partial charge >= 0.3 is 0 Å². The fraction of sp³-hybridized carbons (Fsp3) is 0.421. The molecule has 1 heterocycles. The number of nitrogens with zero attached hydrogens (tertiary/aromatic N) is 2. The van der Waals surface area contributed by atoms with Crippen molar-refractivity contribution in [3.8, 4) is 0 Å². The predicted octanol–water partition coefficient (Wildman–Crippen LogP) is 3.96. The van der Waals surface area contributed by atoms with E-state index in [1.54, 1.807) is 17.0 Å². The normalized spacial score (nSPS) is 10.8. The topological polar surface area (TPSA) is 78.1 Å². The molecule has 2 amide bonds. The molecule has 0 unspecified atom stereocenters. The molecule has 0 spiro atoms. The van der Waals surface area contributed by atoms with Gasteiger partial charge in [0, 0.05) is 18.8 Å². The van der Waals surface area contributed by atoms with Crippen LogP contribution >= 0.6 is 15.9 Å². The number of aromatic nitrogens is 2. The Morgan fingerprint density at radius 2 is 1.81 bits per heavy atom. The number of hydrogen-bond acceptors (Lipinski definition) is 3. The van der Waals surface area contributed by atoms with Crippen molar-refractivity contribution in [1.29, 1.82) is 0 Å². The Morgan fingerprint density at radius 3 is 2.31 bits per heavy atom. The molecule has 26 heavy (non-hydrogen) atoms. The van der Waals surface area contributed by atoms with Crippen LogP contribution in [0.3, 0.4) is 0 Å². The molecule has 0 aliphatic carbocycles. The maximum Gasteiger partial charge on any atom is 0.277 e. The number of halogens is 1. The van der Waals surface area contributed by atoms with Crippen molar-refractivity contribution in [2.75, 3.05) is 18.4 Å². The number of H-pyrrole nitrogens is 1. The third-order valence-corrected chi connectivity index (χ3v) is 5.01. The van der Waals surface area contributed by atoms with Gasteiger partial charge in [0.25, 0.3) is 5.91 Å². The lowest BCUT2D eigenvalue weighted by Gasteiger charge is -2.18. The largest absolute Gasteiger partial charge is 0.343 e. The minimum Gasteiger partial charge on any atom is -0.343 e. The van der Waals surface area contributed by atoms with E-state index in [2.05, 4.69) is 31.4 Å². The molecule has 7 heteroatoms. The Kier molecular flexibility index (Phi) is 6.97. The van der Waals surface area contributed by atoms with Crippen molar-refractivity contribution in [2.24, 2.45) is 0 Å². The number of hydrogen-bond donors (Lipinski definition) is 2. The molecule has 140 valence electrons. The number of amides is 2. The first-order valence-corrected chi connectivity index (χ1v) is 9.58. The van der Waals surface area contributed by atoms with Gasteiger partial charge in [-0.25, -0.2) is 0 Å². The number of rotatable bonds is 7. The molecule has 0 atom stereocenters. The maximum atomic E-state index is 12.4. The lowest BCUT2D eigenvalue weighted by atomic mass is 10.1. The van der Waals surface area contributed by atoms with Gasteiger partial charge in [0.05, 0.1) is 16.6 Å². The summed E-state index contributed by atoms with van der Waals surface area (Å²) in [5, 5.41) is 9.82. The maximum absolute atomic E-state index is 12.4. The lowest BCUT2D eigenvalue weighted by Crippen LogP contribution is -2.31. The summed E-state index contributed by atoms with van der Waals surface area (Å²) in [6.45, 7) is 9.41. The van der Waals surface area contributed by atoms with Crippen molar-refractivity contribution in [2.45, 2.75) is 40.0 Å². The van der Waals surface area contributed by atoms with Crippen molar-refractivity contribution in [3.63, 3.8) is 0 Å². The van der Waals surface area contributed by atoms with E-state index in [1.807, 2.05) is 39.8 Å². The highest BCUT2D eigenvalue weighted by molar-refractivity contribution is 9.10. The Balaban J connectivity index is 2.03. The van der Waals surface area contributed by atoms with Crippen LogP contribution in [0.1, 0.15) is 55.4 Å². The molecule has 1 aromatic heterocycles. The summed E-state index contributed by atoms with van der Waals surface area (Å²) in [6, 6.07) is 7.31. The molecule has 1 aromatic carbocycles. The second kappa shape index (κ2) is 8.98. The van der Waals surface area contributed by atoms with Crippen molar-refractivity contribution >= 4 is 33.4 Å². The van der Waals surface area contributed by atoms with Crippen molar-refractivity contribution < 1.29 is 9.59 Å². The predicted molar refractivity (Wildman–Crippen MR) is 106 cm³/mol. The summed E-state index contributed by atoms with van der Waals surface area (Å²) in [7, 11) is 0. The van der Waals surface area contributed by atoms with Crippen LogP contribution in [0.25, 0.3) is 0 Å². The van der Waals surface area contributed by atoms with Crippen LogP contribution in [-0.2, 0) is 11.2 Å². The van der Waals surface area contributed by atoms with E-state index < -0.39 is 0 Å². The van der Waals surface area contributed by atoms with Gasteiger partial charge in [-0.05, 0) is 53.4 Å². The molecule has 2 N–H and O–H groups in total. The van der Waals surface area contributed by atoms with E-state index in [-0.39, 0.29) is 17.7 Å². The first kappa shape index (κ1) is 20.2. The second-order valence-corrected chi connectivity index (χ2v) is 7.14. The quantitative estimate of drug-likeness (QED) is 0.711. The number of anilines is 1. The number of aromatic amines is 1. The lowest BCUT2D eigenvalue weighted by molar-refractivity contribution is -0.130. The minimum atomic E-state index is -0.285. The second-order valence-electron chi connectivity index (χ2n) is 6.35. The standard InChI is InChI=1S/C19H25BrN4O2/c1-5-24(6-2)15(25)11-13-7-9-14(10-8-13)21-19(26)18-16(20)17(12(3)4)22-23-18/h7-10,12H,5-6,11H2,1-4H3,(H,21,26)(H,22,23). The molecule has 0 radical (unpaired) electrons. The molecule has 0 saturated heterocycles. The van der Waals surface area contributed by atoms with Crippen LogP contribution in [0.4, 0.5) is 5.69 Å². The van der Waals surface area contributed by atoms with Gasteiger partial charge in [-0.2, -0.15) is 5.10 Å². The summed E-state index contributed by atoms with van der Waals surface area (Å²) >= 11 is 3.43. The van der Waals surface area contributed by atoms with Crippen molar-refractivity contribution in [1.82, 2.24) is 15.1 Å². The van der Waals surface area contributed by atoms with Crippen LogP contribution in [0.5, 0.6) is 0 Å². The first-order chi connectivity index (χ1) is 12.4. The number of carbonyl (C=O) groups excluding carboxylic acids is 2. The average Bonchev–Trinajstić information content (AvgIpc) is 2.99. The minimum absolute atomic E-state index is 0.105. The molecule has 0 saturated carbocycles. The van der Waals surface area contributed by atoms with E-state index in [4.69, 9.17) is 0 Å². The SMILES string of the molecule is CCN(CC)C(=O)Cc1ccc(NC(=O)c2n[nH]c(C(C)C)c2Br)cc1. The van der Waals surface area contributed by atoms with Gasteiger partial charge in [0.1, 0.15) is 0 Å². The molecule has 2 rings (SSSR count). The fourth-order valence-corrected chi connectivity index (χ4v) is 3.45. The summed E-state index contributed by atoms with van der Waals surface area (Å²) in [5.74, 6) is 0.0569. The summed E-state index contributed by atoms with van der Waals surface area (Å²) in [6.07, 6.45) is 0.360. The monoisotopic (exact) mass is 420 g/mol. The van der Waals surface area contributed by atoms with Gasteiger partial charge < -0.3 is 10.2 Å². The van der Waals surface area contributed by atoms with Crippen LogP contribution in [-0.4, -0.2) is 40.0 Å². The van der Waals surface area contributed by atoms with Gasteiger partial charge in [-0.3, -0.25) is 14.7 Å². The molecular formula is C19H25BrN4O2. The molecule has 0 fully saturated rings. The van der Waals surface area contributed by atoms with E-state index in [1.165, 1.54) is 0 Å². The molecule has 0 aliphatic heterocycles. The zero-order valence-corrected chi connectivity index (χ0v) is 17.2. The van der Waals surface area contributed by atoms with Crippen LogP contribution in [0, 0.1) is 0 Å². The highest BCUT2D eigenvalue weighted by Crippen LogP contribution is 2.26. The van der Waals surface area contributed by atoms with Crippen LogP contribution < -0.4 is 5.32 Å². The summed E-state index contributed by atoms with van der Waals surface area (Å²) < 4.78 is 0.687. The Labute approximate surface area is 162 Å². The van der Waals surface area contributed by atoms with Crippen LogP contribution in [0.15, 0.2) is 28.7 Å². The van der Waals surface area contributed by atoms with Crippen molar-refractivity contribution in [3.05, 3.63) is 45.7 Å². The molecular weight excluding hydrogens is 396 g/mol. The smallest absolute Gasteiger partial charge is 0.277 e. The molecule has 0 bridgehead atoms. The number of carbonyl (C=O) groups is 2. The third kappa shape index (κ3) is 4.72. The zero-order chi connectivity index (χ0) is 19.3. The Bertz CT molecular complexity index is 764. The van der Waals surface area contributed by atoms with Gasteiger partial charge in [0.15, 0.2) is 5.69 Å². The Hall–Kier alpha value is -2.15. The van der Waals surface area contributed by atoms with Crippen LogP contribution in [0.2, 0.25) is 0 Å². The van der Waals surface area contributed by atoms with E-state index in [9.17, 15) is 9.59 Å². The molecule has 0 aliphatic rings. The molecule has 6 nitrogen and oxygen atoms in total. The third-order valence-electron chi connectivity index (χ3n) is 4.21. The van der Waals surface area contributed by atoms with E-state index >= 15 is 0 Å². The van der Waals surface area contributed by atoms with Gasteiger partial charge in [-0.15, -0.1) is 0 Å². The summed E-state index contributed by atoms with van der Waals surface area (Å²) in [4.78, 5) is 26.4. The fourth-order valence-electron chi connectivity index (χ4n) is 2.63. The zero-order valence-electron chi connectivity index (χ0n) is 15.6. The Morgan fingerprint density at radius 1 is 1.19 bits per heavy atom. The van der Waals surface area contributed by atoms with Gasteiger partial charge in [-0.1, -0.05) is 26.0 Å². The number of benzene rings is 1. The first-order valence-electron chi connectivity index (χ1n) is 8.79. The van der Waals surface area contributed by atoms with Gasteiger partial charge in [0.2, 0.25) is 5.91 Å². The van der Waals surface area contributed by atoms with E-state index in [0.717, 1.165) is 11.3 Å². The highest BCUT2D eigenvalue weighted by atomic mass is 79.9. The van der Waals surface area contributed by atoms with E-state index in [0.29, 0.717) is 35.4 Å². The number of likely N-dealkylation sites (N-methyl/N-ethyl adjacent to an activating group) is 1.